The van der Waals surface area contributed by atoms with Crippen LogP contribution >= 0.6 is 23.2 Å². The van der Waals surface area contributed by atoms with Crippen molar-refractivity contribution in [2.45, 2.75) is 31.6 Å². The van der Waals surface area contributed by atoms with Crippen LogP contribution in [0.4, 0.5) is 24.7 Å². The van der Waals surface area contributed by atoms with Crippen molar-refractivity contribution in [3.05, 3.63) is 91.9 Å². The molecule has 2 aromatic carbocycles. The summed E-state index contributed by atoms with van der Waals surface area (Å²) in [6, 6.07) is 11.9. The molecule has 1 aliphatic rings. The molecule has 38 heavy (non-hydrogen) atoms. The van der Waals surface area contributed by atoms with Crippen molar-refractivity contribution in [2.75, 3.05) is 10.6 Å². The highest BCUT2D eigenvalue weighted by molar-refractivity contribution is 6.42. The quantitative estimate of drug-likeness (QED) is 0.323. The van der Waals surface area contributed by atoms with Gasteiger partial charge in [-0.3, -0.25) is 14.3 Å². The number of benzene rings is 2. The molecule has 2 aromatic heterocycles. The maximum absolute atomic E-state index is 14.0. The van der Waals surface area contributed by atoms with Crippen molar-refractivity contribution in [1.82, 2.24) is 19.1 Å². The number of hydrogen-bond donors (Lipinski definition) is 2. The van der Waals surface area contributed by atoms with E-state index < -0.39 is 29.7 Å². The first kappa shape index (κ1) is 25.9. The highest BCUT2D eigenvalue weighted by atomic mass is 35.5. The molecule has 13 heteroatoms. The van der Waals surface area contributed by atoms with Crippen LogP contribution in [0.2, 0.25) is 10.0 Å². The minimum atomic E-state index is -4.63. The predicted octanol–water partition coefficient (Wildman–Crippen LogP) is 5.90. The van der Waals surface area contributed by atoms with Crippen LogP contribution in [0.15, 0.2) is 59.4 Å². The summed E-state index contributed by atoms with van der Waals surface area (Å²) in [4.78, 5) is 26.2. The molecule has 0 fully saturated rings. The molecule has 1 amide bonds. The maximum Gasteiger partial charge on any atom is 0.410 e. The molecule has 0 radical (unpaired) electrons. The van der Waals surface area contributed by atoms with Crippen LogP contribution in [0.1, 0.15) is 40.3 Å². The zero-order valence-corrected chi connectivity index (χ0v) is 21.6. The Balaban J connectivity index is 1.47. The van der Waals surface area contributed by atoms with E-state index in [1.54, 1.807) is 49.0 Å². The second kappa shape index (κ2) is 9.55. The molecule has 8 nitrogen and oxygen atoms in total. The summed E-state index contributed by atoms with van der Waals surface area (Å²) in [6.45, 7) is 1.65. The molecule has 2 atom stereocenters. The third kappa shape index (κ3) is 4.56. The van der Waals surface area contributed by atoms with Gasteiger partial charge >= 0.3 is 6.18 Å². The number of halogens is 5. The minimum absolute atomic E-state index is 0.00124. The van der Waals surface area contributed by atoms with Gasteiger partial charge in [0.2, 0.25) is 0 Å². The van der Waals surface area contributed by atoms with E-state index in [1.807, 2.05) is 6.07 Å². The summed E-state index contributed by atoms with van der Waals surface area (Å²) in [7, 11) is 1.66. The van der Waals surface area contributed by atoms with Gasteiger partial charge in [0.1, 0.15) is 11.5 Å². The number of carbonyl (C=O) groups excluding carboxylic acids is 1. The summed E-state index contributed by atoms with van der Waals surface area (Å²) in [6.07, 6.45) is -5.01. The van der Waals surface area contributed by atoms with Crippen LogP contribution in [0.25, 0.3) is 5.69 Å². The zero-order chi connectivity index (χ0) is 27.4. The van der Waals surface area contributed by atoms with Crippen molar-refractivity contribution in [1.29, 1.82) is 0 Å². The van der Waals surface area contributed by atoms with E-state index in [0.717, 1.165) is 4.68 Å². The Bertz CT molecular complexity index is 1590. The fraction of sp³-hybridized carbons (Fsp3) is 0.240. The van der Waals surface area contributed by atoms with Gasteiger partial charge in [0.05, 0.1) is 27.5 Å². The molecule has 3 heterocycles. The molecule has 0 unspecified atom stereocenters. The normalized spacial score (nSPS) is 17.1. The van der Waals surface area contributed by atoms with Crippen molar-refractivity contribution in [2.24, 2.45) is 7.05 Å². The van der Waals surface area contributed by atoms with E-state index in [0.29, 0.717) is 16.9 Å². The molecule has 2 N–H and O–H groups in total. The number of nitrogens with zero attached hydrogens (tertiary/aromatic N) is 4. The topological polar surface area (TPSA) is 85.9 Å². The average molecular weight is 565 g/mol. The number of carbonyl (C=O) groups is 1. The number of para-hydroxylation sites is 1. The molecule has 4 aromatic rings. The molecule has 198 valence electrons. The molecule has 0 saturated carbocycles. The summed E-state index contributed by atoms with van der Waals surface area (Å²) in [5.41, 5.74) is 0.800. The van der Waals surface area contributed by atoms with Gasteiger partial charge in [0.25, 0.3) is 11.5 Å². The Kier molecular flexibility index (Phi) is 6.52. The van der Waals surface area contributed by atoms with E-state index in [9.17, 15) is 22.8 Å². The average Bonchev–Trinajstić information content (AvgIpc) is 3.40. The Morgan fingerprint density at radius 1 is 1.11 bits per heavy atom. The van der Waals surface area contributed by atoms with E-state index in [1.165, 1.54) is 22.9 Å². The summed E-state index contributed by atoms with van der Waals surface area (Å²) in [5.74, 6) is -0.807. The van der Waals surface area contributed by atoms with Gasteiger partial charge in [-0.05, 0) is 36.8 Å². The van der Waals surface area contributed by atoms with Gasteiger partial charge in [-0.2, -0.15) is 18.3 Å². The molecule has 5 rings (SSSR count). The molecular weight excluding hydrogens is 544 g/mol. The van der Waals surface area contributed by atoms with Crippen LogP contribution < -0.4 is 16.2 Å². The van der Waals surface area contributed by atoms with Gasteiger partial charge in [-0.25, -0.2) is 9.36 Å². The lowest BCUT2D eigenvalue weighted by Gasteiger charge is -2.33. The van der Waals surface area contributed by atoms with Crippen LogP contribution in [0, 0.1) is 6.92 Å². The minimum Gasteiger partial charge on any atom is -0.363 e. The lowest BCUT2D eigenvalue weighted by molar-refractivity contribution is -0.173. The Morgan fingerprint density at radius 2 is 1.82 bits per heavy atom. The summed E-state index contributed by atoms with van der Waals surface area (Å²) < 4.78 is 45.8. The molecule has 0 bridgehead atoms. The van der Waals surface area contributed by atoms with Gasteiger partial charge in [-0.1, -0.05) is 47.5 Å². The number of fused-ring (bicyclic) bond motifs is 1. The van der Waals surface area contributed by atoms with Gasteiger partial charge in [0.15, 0.2) is 11.7 Å². The summed E-state index contributed by atoms with van der Waals surface area (Å²) >= 11 is 12.0. The fourth-order valence-electron chi connectivity index (χ4n) is 4.52. The monoisotopic (exact) mass is 564 g/mol. The number of rotatable bonds is 4. The van der Waals surface area contributed by atoms with Gasteiger partial charge < -0.3 is 10.6 Å². The van der Waals surface area contributed by atoms with Gasteiger partial charge in [0, 0.05) is 19.5 Å². The number of aromatic nitrogens is 4. The third-order valence-electron chi connectivity index (χ3n) is 6.56. The largest absolute Gasteiger partial charge is 0.410 e. The van der Waals surface area contributed by atoms with Crippen LogP contribution in [-0.2, 0) is 7.05 Å². The number of nitrogens with one attached hydrogen (secondary N) is 2. The number of hydrogen-bond acceptors (Lipinski definition) is 4. The molecule has 1 aliphatic heterocycles. The first-order chi connectivity index (χ1) is 18.0. The summed E-state index contributed by atoms with van der Waals surface area (Å²) in [5, 5.41) is 10.0. The second-order valence-corrected chi connectivity index (χ2v) is 9.73. The van der Waals surface area contributed by atoms with E-state index in [4.69, 9.17) is 23.2 Å². The Morgan fingerprint density at radius 3 is 2.47 bits per heavy atom. The number of alkyl halides is 3. The van der Waals surface area contributed by atoms with E-state index >= 15 is 0 Å². The molecule has 0 spiro atoms. The maximum atomic E-state index is 14.0. The lowest BCUT2D eigenvalue weighted by atomic mass is 9.97. The Labute approximate surface area is 224 Å². The van der Waals surface area contributed by atoms with E-state index in [2.05, 4.69) is 15.7 Å². The third-order valence-corrected chi connectivity index (χ3v) is 7.30. The van der Waals surface area contributed by atoms with Crippen molar-refractivity contribution >= 4 is 40.6 Å². The predicted molar refractivity (Wildman–Crippen MR) is 138 cm³/mol. The fourth-order valence-corrected chi connectivity index (χ4v) is 4.83. The van der Waals surface area contributed by atoms with E-state index in [-0.39, 0.29) is 33.7 Å². The molecule has 0 saturated heterocycles. The van der Waals surface area contributed by atoms with Gasteiger partial charge in [-0.15, -0.1) is 0 Å². The van der Waals surface area contributed by atoms with Crippen LogP contribution in [0.3, 0.4) is 0 Å². The standard InChI is InChI=1S/C25H21Cl2F3N6O2/c1-13-22(24(38)36(34(13)2)15-6-4-3-5-7-15)32-23(37)19-12-21-31-18(14-8-9-16(26)17(27)10-14)11-20(25(28,29)30)35(21)33-19/h3-10,12,18,20,31H,11H2,1-2H3,(H,32,37)/t18-,20-/m0/s1. The van der Waals surface area contributed by atoms with Crippen molar-refractivity contribution in [3.8, 4) is 5.69 Å². The lowest BCUT2D eigenvalue weighted by Crippen LogP contribution is -2.35. The molecular formula is C25H21Cl2F3N6O2. The molecule has 0 aliphatic carbocycles. The first-order valence-electron chi connectivity index (χ1n) is 11.5. The SMILES string of the molecule is Cc1c(NC(=O)c2cc3n(n2)[C@H](C(F)(F)F)C[C@@H](c2ccc(Cl)c(Cl)c2)N3)c(=O)n(-c2ccccc2)n1C. The smallest absolute Gasteiger partial charge is 0.363 e. The van der Waals surface area contributed by atoms with Crippen LogP contribution in [-0.4, -0.2) is 31.2 Å². The Hall–Kier alpha value is -3.70. The highest BCUT2D eigenvalue weighted by Gasteiger charge is 2.47. The number of amides is 1. The number of anilines is 2. The second-order valence-electron chi connectivity index (χ2n) is 8.91. The zero-order valence-electron chi connectivity index (χ0n) is 20.1. The van der Waals surface area contributed by atoms with Crippen molar-refractivity contribution in [3.63, 3.8) is 0 Å². The van der Waals surface area contributed by atoms with Crippen LogP contribution in [0.5, 0.6) is 0 Å². The highest BCUT2D eigenvalue weighted by Crippen LogP contribution is 2.44. The van der Waals surface area contributed by atoms with Crippen molar-refractivity contribution < 1.29 is 18.0 Å². The first-order valence-corrected chi connectivity index (χ1v) is 12.2.